The second kappa shape index (κ2) is 4.22. The summed E-state index contributed by atoms with van der Waals surface area (Å²) < 4.78 is 10.7. The van der Waals surface area contributed by atoms with Gasteiger partial charge in [0, 0.05) is 19.8 Å². The second-order valence-electron chi connectivity index (χ2n) is 5.70. The number of hydrogen-bond donors (Lipinski definition) is 0. The Morgan fingerprint density at radius 3 is 1.95 bits per heavy atom. The maximum Gasteiger partial charge on any atom is 0.118 e. The zero-order valence-electron chi connectivity index (χ0n) is 11.3. The van der Waals surface area contributed by atoms with E-state index in [9.17, 15) is 5.26 Å². The highest BCUT2D eigenvalue weighted by Gasteiger charge is 2.61. The minimum atomic E-state index is -0.412. The first kappa shape index (κ1) is 12.5. The molecule has 4 heteroatoms. The lowest BCUT2D eigenvalue weighted by Crippen LogP contribution is -2.66. The Morgan fingerprint density at radius 1 is 1.05 bits per heavy atom. The van der Waals surface area contributed by atoms with Crippen LogP contribution in [0.25, 0.3) is 0 Å². The molecule has 0 spiro atoms. The molecular formula is C15H18N2O2. The van der Waals surface area contributed by atoms with Crippen molar-refractivity contribution in [1.82, 2.24) is 0 Å². The topological polar surface area (TPSA) is 45.5 Å². The van der Waals surface area contributed by atoms with Crippen LogP contribution in [0.1, 0.15) is 5.56 Å². The van der Waals surface area contributed by atoms with Crippen LogP contribution in [0.5, 0.6) is 0 Å². The van der Waals surface area contributed by atoms with Gasteiger partial charge in [-0.05, 0) is 17.7 Å². The van der Waals surface area contributed by atoms with E-state index in [1.165, 1.54) is 5.56 Å². The molecule has 100 valence electrons. The van der Waals surface area contributed by atoms with E-state index in [0.29, 0.717) is 26.4 Å². The molecule has 2 aliphatic heterocycles. The molecule has 0 aliphatic carbocycles. The molecule has 0 unspecified atom stereocenters. The van der Waals surface area contributed by atoms with E-state index in [0.717, 1.165) is 5.69 Å². The van der Waals surface area contributed by atoms with Gasteiger partial charge in [-0.1, -0.05) is 12.1 Å². The van der Waals surface area contributed by atoms with Crippen molar-refractivity contribution in [2.75, 3.05) is 45.4 Å². The summed E-state index contributed by atoms with van der Waals surface area (Å²) >= 11 is 0. The zero-order chi connectivity index (χ0) is 13.5. The maximum atomic E-state index is 9.55. The minimum absolute atomic E-state index is 0.190. The van der Waals surface area contributed by atoms with Crippen LogP contribution < -0.4 is 4.90 Å². The van der Waals surface area contributed by atoms with Crippen molar-refractivity contribution in [1.29, 1.82) is 5.26 Å². The Balaban J connectivity index is 1.97. The summed E-state index contributed by atoms with van der Waals surface area (Å²) in [7, 11) is 4.04. The van der Waals surface area contributed by atoms with Gasteiger partial charge in [0.1, 0.15) is 5.41 Å². The molecule has 2 saturated heterocycles. The molecule has 0 saturated carbocycles. The summed E-state index contributed by atoms with van der Waals surface area (Å²) in [5.41, 5.74) is 1.75. The fraction of sp³-hybridized carbons (Fsp3) is 0.533. The second-order valence-corrected chi connectivity index (χ2v) is 5.70. The molecule has 1 aromatic carbocycles. The molecule has 0 bridgehead atoms. The van der Waals surface area contributed by atoms with Crippen LogP contribution in [0.3, 0.4) is 0 Å². The van der Waals surface area contributed by atoms with Crippen molar-refractivity contribution in [2.24, 2.45) is 5.41 Å². The van der Waals surface area contributed by atoms with E-state index in [2.05, 4.69) is 35.2 Å². The monoisotopic (exact) mass is 258 g/mol. The number of anilines is 1. The lowest BCUT2D eigenvalue weighted by atomic mass is 9.58. The zero-order valence-corrected chi connectivity index (χ0v) is 11.3. The van der Waals surface area contributed by atoms with Crippen LogP contribution in [0.2, 0.25) is 0 Å². The number of nitriles is 1. The van der Waals surface area contributed by atoms with Gasteiger partial charge in [0.2, 0.25) is 0 Å². The van der Waals surface area contributed by atoms with Gasteiger partial charge >= 0.3 is 0 Å². The molecule has 19 heavy (non-hydrogen) atoms. The SMILES string of the molecule is CN(C)c1ccc(C2(C3(C#N)COC3)COC2)cc1. The highest BCUT2D eigenvalue weighted by Crippen LogP contribution is 2.51. The molecule has 2 fully saturated rings. The van der Waals surface area contributed by atoms with Crippen molar-refractivity contribution >= 4 is 5.69 Å². The van der Waals surface area contributed by atoms with E-state index < -0.39 is 5.41 Å². The average molecular weight is 258 g/mol. The summed E-state index contributed by atoms with van der Waals surface area (Å²) in [5, 5.41) is 9.55. The normalized spacial score (nSPS) is 22.8. The minimum Gasteiger partial charge on any atom is -0.379 e. The van der Waals surface area contributed by atoms with Gasteiger partial charge in [0.15, 0.2) is 0 Å². The number of ether oxygens (including phenoxy) is 2. The van der Waals surface area contributed by atoms with Crippen LogP contribution in [-0.2, 0) is 14.9 Å². The smallest absolute Gasteiger partial charge is 0.118 e. The Bertz CT molecular complexity index is 508. The summed E-state index contributed by atoms with van der Waals surface area (Å²) in [5.74, 6) is 0. The molecule has 2 heterocycles. The lowest BCUT2D eigenvalue weighted by Gasteiger charge is -2.55. The van der Waals surface area contributed by atoms with Crippen molar-refractivity contribution in [2.45, 2.75) is 5.41 Å². The van der Waals surface area contributed by atoms with Crippen molar-refractivity contribution in [3.8, 4) is 6.07 Å². The maximum absolute atomic E-state index is 9.55. The molecule has 0 amide bonds. The Hall–Kier alpha value is -1.57. The highest BCUT2D eigenvalue weighted by molar-refractivity contribution is 5.49. The molecule has 0 N–H and O–H groups in total. The van der Waals surface area contributed by atoms with Crippen molar-refractivity contribution in [3.05, 3.63) is 29.8 Å². The third kappa shape index (κ3) is 1.59. The summed E-state index contributed by atoms with van der Waals surface area (Å²) in [6, 6.07) is 10.9. The molecule has 0 radical (unpaired) electrons. The molecule has 0 atom stereocenters. The molecule has 3 rings (SSSR count). The van der Waals surface area contributed by atoms with Crippen molar-refractivity contribution in [3.63, 3.8) is 0 Å². The van der Waals surface area contributed by atoms with Gasteiger partial charge in [0.25, 0.3) is 0 Å². The molecule has 2 aliphatic rings. The van der Waals surface area contributed by atoms with Crippen LogP contribution in [-0.4, -0.2) is 40.5 Å². The van der Waals surface area contributed by atoms with E-state index in [-0.39, 0.29) is 5.41 Å². The van der Waals surface area contributed by atoms with Gasteiger partial charge in [-0.2, -0.15) is 5.26 Å². The van der Waals surface area contributed by atoms with Crippen LogP contribution in [0.4, 0.5) is 5.69 Å². The molecule has 1 aromatic rings. The Kier molecular flexibility index (Phi) is 2.77. The van der Waals surface area contributed by atoms with Gasteiger partial charge in [-0.15, -0.1) is 0 Å². The number of hydrogen-bond acceptors (Lipinski definition) is 4. The van der Waals surface area contributed by atoms with Gasteiger partial charge < -0.3 is 14.4 Å². The Morgan fingerprint density at radius 2 is 1.63 bits per heavy atom. The molecule has 4 nitrogen and oxygen atoms in total. The summed E-state index contributed by atoms with van der Waals surface area (Å²) in [4.78, 5) is 2.07. The number of benzene rings is 1. The number of nitrogens with zero attached hydrogens (tertiary/aromatic N) is 2. The van der Waals surface area contributed by atoms with E-state index >= 15 is 0 Å². The fourth-order valence-electron chi connectivity index (χ4n) is 2.86. The first-order valence-electron chi connectivity index (χ1n) is 6.48. The average Bonchev–Trinajstić information content (AvgIpc) is 2.31. The van der Waals surface area contributed by atoms with Gasteiger partial charge in [-0.25, -0.2) is 0 Å². The fourth-order valence-corrected chi connectivity index (χ4v) is 2.86. The first-order valence-corrected chi connectivity index (χ1v) is 6.48. The lowest BCUT2D eigenvalue weighted by molar-refractivity contribution is -0.201. The summed E-state index contributed by atoms with van der Waals surface area (Å²) in [6.07, 6.45) is 0. The third-order valence-electron chi connectivity index (χ3n) is 4.46. The number of rotatable bonds is 3. The van der Waals surface area contributed by atoms with Crippen LogP contribution in [0.15, 0.2) is 24.3 Å². The third-order valence-corrected chi connectivity index (χ3v) is 4.46. The van der Waals surface area contributed by atoms with Crippen LogP contribution >= 0.6 is 0 Å². The van der Waals surface area contributed by atoms with Crippen LogP contribution in [0, 0.1) is 16.7 Å². The predicted octanol–water partition coefficient (Wildman–Crippen LogP) is 1.56. The van der Waals surface area contributed by atoms with Gasteiger partial charge in [-0.3, -0.25) is 0 Å². The largest absolute Gasteiger partial charge is 0.379 e. The first-order chi connectivity index (χ1) is 9.13. The van der Waals surface area contributed by atoms with Gasteiger partial charge in [0.05, 0.1) is 37.9 Å². The predicted molar refractivity (Wildman–Crippen MR) is 72.1 cm³/mol. The van der Waals surface area contributed by atoms with E-state index in [1.54, 1.807) is 0 Å². The molecular weight excluding hydrogens is 240 g/mol. The van der Waals surface area contributed by atoms with Crippen molar-refractivity contribution < 1.29 is 9.47 Å². The quantitative estimate of drug-likeness (QED) is 0.825. The van der Waals surface area contributed by atoms with E-state index in [1.807, 2.05) is 14.1 Å². The standard InChI is InChI=1S/C15H18N2O2/c1-17(2)13-5-3-12(4-6-13)15(10-19-11-15)14(7-16)8-18-9-14/h3-6H,8-11H2,1-2H3. The Labute approximate surface area is 113 Å². The van der Waals surface area contributed by atoms with E-state index in [4.69, 9.17) is 9.47 Å². The molecule has 0 aromatic heterocycles. The highest BCUT2D eigenvalue weighted by atomic mass is 16.5. The summed E-state index contributed by atoms with van der Waals surface area (Å²) in [6.45, 7) is 2.26.